The van der Waals surface area contributed by atoms with E-state index in [9.17, 15) is 0 Å². The maximum Gasteiger partial charge on any atom is 0.100 e. The van der Waals surface area contributed by atoms with E-state index in [1.165, 1.54) is 5.57 Å². The summed E-state index contributed by atoms with van der Waals surface area (Å²) in [6.07, 6.45) is 5.96. The van der Waals surface area contributed by atoms with Crippen molar-refractivity contribution in [2.45, 2.75) is 77.3 Å². The SMILES string of the molecule is CCC[C@@]1(C([C@H](C)OC)C2(C)O[C@@H]2CC=C(C)C)CO1. The predicted octanol–water partition coefficient (Wildman–Crippen LogP) is 3.72. The highest BCUT2D eigenvalue weighted by Crippen LogP contribution is 2.56. The molecule has 3 heteroatoms. The van der Waals surface area contributed by atoms with Gasteiger partial charge in [-0.2, -0.15) is 0 Å². The Kier molecular flexibility index (Phi) is 4.63. The zero-order valence-electron chi connectivity index (χ0n) is 13.9. The summed E-state index contributed by atoms with van der Waals surface area (Å²) >= 11 is 0. The van der Waals surface area contributed by atoms with Crippen molar-refractivity contribution in [1.29, 1.82) is 0 Å². The fourth-order valence-corrected chi connectivity index (χ4v) is 3.72. The smallest absolute Gasteiger partial charge is 0.100 e. The van der Waals surface area contributed by atoms with Gasteiger partial charge >= 0.3 is 0 Å². The fraction of sp³-hybridized carbons (Fsp3) is 0.882. The van der Waals surface area contributed by atoms with Gasteiger partial charge in [-0.3, -0.25) is 0 Å². The lowest BCUT2D eigenvalue weighted by molar-refractivity contribution is -0.0133. The Hall–Kier alpha value is -0.380. The Morgan fingerprint density at radius 3 is 2.55 bits per heavy atom. The molecular formula is C17H30O3. The number of rotatable bonds is 8. The molecule has 5 atom stereocenters. The predicted molar refractivity (Wildman–Crippen MR) is 80.9 cm³/mol. The molecule has 0 spiro atoms. The Bertz CT molecular complexity index is 368. The standard InChI is InChI=1S/C17H30O3/c1-7-10-17(11-19-17)15(13(4)18-6)16(5)14(20-16)9-8-12(2)3/h8,13-15H,7,9-11H2,1-6H3/t13-,14+,15?,16?,17-/m0/s1. The molecule has 3 nitrogen and oxygen atoms in total. The van der Waals surface area contributed by atoms with E-state index in [1.807, 2.05) is 0 Å². The van der Waals surface area contributed by atoms with Gasteiger partial charge in [-0.15, -0.1) is 0 Å². The summed E-state index contributed by atoms with van der Waals surface area (Å²) in [4.78, 5) is 0. The van der Waals surface area contributed by atoms with Crippen LogP contribution in [0.25, 0.3) is 0 Å². The molecule has 2 saturated heterocycles. The number of hydrogen-bond donors (Lipinski definition) is 0. The van der Waals surface area contributed by atoms with Gasteiger partial charge in [0.1, 0.15) is 5.60 Å². The van der Waals surface area contributed by atoms with Crippen LogP contribution in [-0.2, 0) is 14.2 Å². The molecule has 2 unspecified atom stereocenters. The van der Waals surface area contributed by atoms with Crippen molar-refractivity contribution >= 4 is 0 Å². The zero-order valence-corrected chi connectivity index (χ0v) is 13.9. The van der Waals surface area contributed by atoms with Gasteiger partial charge in [0.25, 0.3) is 0 Å². The first kappa shape index (κ1) is 16.0. The molecular weight excluding hydrogens is 252 g/mol. The van der Waals surface area contributed by atoms with E-state index in [1.54, 1.807) is 7.11 Å². The van der Waals surface area contributed by atoms with E-state index in [2.05, 4.69) is 40.7 Å². The lowest BCUT2D eigenvalue weighted by Crippen LogP contribution is -2.44. The summed E-state index contributed by atoms with van der Waals surface area (Å²) in [6, 6.07) is 0. The minimum Gasteiger partial charge on any atom is -0.381 e. The highest BCUT2D eigenvalue weighted by atomic mass is 16.6. The molecule has 0 aromatic rings. The van der Waals surface area contributed by atoms with E-state index in [0.717, 1.165) is 25.9 Å². The maximum atomic E-state index is 6.11. The second-order valence-corrected chi connectivity index (χ2v) is 6.83. The highest BCUT2D eigenvalue weighted by Gasteiger charge is 2.68. The van der Waals surface area contributed by atoms with Crippen molar-refractivity contribution in [1.82, 2.24) is 0 Å². The van der Waals surface area contributed by atoms with Gasteiger partial charge in [0.05, 0.1) is 24.4 Å². The Morgan fingerprint density at radius 2 is 2.10 bits per heavy atom. The van der Waals surface area contributed by atoms with Crippen LogP contribution < -0.4 is 0 Å². The van der Waals surface area contributed by atoms with Crippen molar-refractivity contribution in [3.05, 3.63) is 11.6 Å². The average molecular weight is 282 g/mol. The minimum absolute atomic E-state index is 0.0152. The zero-order chi connectivity index (χ0) is 15.0. The first-order valence-electron chi connectivity index (χ1n) is 7.87. The van der Waals surface area contributed by atoms with E-state index < -0.39 is 0 Å². The van der Waals surface area contributed by atoms with Crippen LogP contribution >= 0.6 is 0 Å². The average Bonchev–Trinajstić information content (AvgIpc) is 3.27. The quantitative estimate of drug-likeness (QED) is 0.502. The van der Waals surface area contributed by atoms with Gasteiger partial charge in [-0.25, -0.2) is 0 Å². The molecule has 2 fully saturated rings. The van der Waals surface area contributed by atoms with Crippen LogP contribution in [0.2, 0.25) is 0 Å². The molecule has 0 radical (unpaired) electrons. The number of ether oxygens (including phenoxy) is 3. The van der Waals surface area contributed by atoms with E-state index in [0.29, 0.717) is 12.0 Å². The lowest BCUT2D eigenvalue weighted by atomic mass is 9.74. The molecule has 2 aliphatic heterocycles. The number of methoxy groups -OCH3 is 1. The summed E-state index contributed by atoms with van der Waals surface area (Å²) in [5.74, 6) is 0.315. The first-order valence-corrected chi connectivity index (χ1v) is 7.87. The molecule has 2 aliphatic rings. The Morgan fingerprint density at radius 1 is 1.45 bits per heavy atom. The van der Waals surface area contributed by atoms with E-state index in [4.69, 9.17) is 14.2 Å². The molecule has 0 aliphatic carbocycles. The van der Waals surface area contributed by atoms with Crippen LogP contribution in [-0.4, -0.2) is 37.1 Å². The molecule has 0 amide bonds. The third-order valence-electron chi connectivity index (χ3n) is 4.93. The molecule has 20 heavy (non-hydrogen) atoms. The van der Waals surface area contributed by atoms with Crippen molar-refractivity contribution in [3.63, 3.8) is 0 Å². The summed E-state index contributed by atoms with van der Waals surface area (Å²) in [5.41, 5.74) is 1.23. The lowest BCUT2D eigenvalue weighted by Gasteiger charge is -2.32. The first-order chi connectivity index (χ1) is 9.39. The van der Waals surface area contributed by atoms with E-state index in [-0.39, 0.29) is 17.3 Å². The number of allylic oxidation sites excluding steroid dienone is 1. The van der Waals surface area contributed by atoms with Crippen LogP contribution in [0.1, 0.15) is 53.9 Å². The van der Waals surface area contributed by atoms with Crippen LogP contribution in [0.5, 0.6) is 0 Å². The molecule has 0 bridgehead atoms. The summed E-state index contributed by atoms with van der Waals surface area (Å²) < 4.78 is 17.6. The van der Waals surface area contributed by atoms with Crippen LogP contribution in [0.4, 0.5) is 0 Å². The normalized spacial score (nSPS) is 38.2. The van der Waals surface area contributed by atoms with Gasteiger partial charge in [-0.05, 0) is 40.5 Å². The third kappa shape index (κ3) is 2.95. The second-order valence-electron chi connectivity index (χ2n) is 6.83. The summed E-state index contributed by atoms with van der Waals surface area (Å²) in [6.45, 7) is 11.7. The van der Waals surface area contributed by atoms with Crippen molar-refractivity contribution in [3.8, 4) is 0 Å². The Labute approximate surface area is 123 Å². The van der Waals surface area contributed by atoms with Gasteiger partial charge in [0, 0.05) is 13.0 Å². The molecule has 2 heterocycles. The van der Waals surface area contributed by atoms with Gasteiger partial charge in [-0.1, -0.05) is 25.0 Å². The molecule has 0 aromatic heterocycles. The number of epoxide rings is 2. The van der Waals surface area contributed by atoms with Crippen LogP contribution in [0, 0.1) is 5.92 Å². The van der Waals surface area contributed by atoms with Crippen molar-refractivity contribution in [2.24, 2.45) is 5.92 Å². The van der Waals surface area contributed by atoms with Gasteiger partial charge < -0.3 is 14.2 Å². The Balaban J connectivity index is 2.11. The molecule has 0 N–H and O–H groups in total. The van der Waals surface area contributed by atoms with Crippen LogP contribution in [0.3, 0.4) is 0 Å². The molecule has 0 saturated carbocycles. The minimum atomic E-state index is -0.104. The van der Waals surface area contributed by atoms with Crippen molar-refractivity contribution in [2.75, 3.05) is 13.7 Å². The summed E-state index contributed by atoms with van der Waals surface area (Å²) in [5, 5.41) is 0. The van der Waals surface area contributed by atoms with E-state index >= 15 is 0 Å². The van der Waals surface area contributed by atoms with Crippen LogP contribution in [0.15, 0.2) is 11.6 Å². The van der Waals surface area contributed by atoms with Gasteiger partial charge in [0.15, 0.2) is 0 Å². The van der Waals surface area contributed by atoms with Crippen molar-refractivity contribution < 1.29 is 14.2 Å². The topological polar surface area (TPSA) is 34.3 Å². The molecule has 2 rings (SSSR count). The monoisotopic (exact) mass is 282 g/mol. The highest BCUT2D eigenvalue weighted by molar-refractivity contribution is 5.17. The van der Waals surface area contributed by atoms with Gasteiger partial charge in [0.2, 0.25) is 0 Å². The fourth-order valence-electron chi connectivity index (χ4n) is 3.72. The molecule has 0 aromatic carbocycles. The third-order valence-corrected chi connectivity index (χ3v) is 4.93. The maximum absolute atomic E-state index is 6.11. The molecule has 116 valence electrons. The largest absolute Gasteiger partial charge is 0.381 e. The summed E-state index contributed by atoms with van der Waals surface area (Å²) in [7, 11) is 1.79. The number of hydrogen-bond acceptors (Lipinski definition) is 3. The second kappa shape index (κ2) is 5.78.